The number of carbonyl (C=O) groups excluding carboxylic acids is 1. The summed E-state index contributed by atoms with van der Waals surface area (Å²) in [4.78, 5) is 15.9. The van der Waals surface area contributed by atoms with Crippen LogP contribution in [0, 0.1) is 5.82 Å². The van der Waals surface area contributed by atoms with Gasteiger partial charge in [0.15, 0.2) is 0 Å². The molecule has 0 bridgehead atoms. The van der Waals surface area contributed by atoms with E-state index >= 15 is 0 Å². The van der Waals surface area contributed by atoms with Crippen LogP contribution in [0.5, 0.6) is 5.75 Å². The van der Waals surface area contributed by atoms with Gasteiger partial charge in [0.2, 0.25) is 6.08 Å². The standard InChI is InChI=1S/C13H15FN2O3/c14-11-1-2-13(12(9-11)15-10-17)19-8-5-16-3-6-18-7-4-16/h1-2,9H,3-8H2. The SMILES string of the molecule is O=C=Nc1cc(F)ccc1OCCN1CCOCC1. The van der Waals surface area contributed by atoms with Gasteiger partial charge in [-0.25, -0.2) is 9.18 Å². The lowest BCUT2D eigenvalue weighted by molar-refractivity contribution is 0.0323. The fourth-order valence-corrected chi connectivity index (χ4v) is 1.86. The summed E-state index contributed by atoms with van der Waals surface area (Å²) < 4.78 is 23.8. The summed E-state index contributed by atoms with van der Waals surface area (Å²) in [5.41, 5.74) is 0.164. The Bertz CT molecular complexity index is 469. The molecule has 6 heteroatoms. The Kier molecular flexibility index (Phi) is 5.03. The molecule has 0 aliphatic carbocycles. The molecule has 5 nitrogen and oxygen atoms in total. The summed E-state index contributed by atoms with van der Waals surface area (Å²) in [5, 5.41) is 0. The summed E-state index contributed by atoms with van der Waals surface area (Å²) in [6.07, 6.45) is 1.39. The van der Waals surface area contributed by atoms with E-state index in [4.69, 9.17) is 9.47 Å². The van der Waals surface area contributed by atoms with Crippen molar-refractivity contribution in [3.05, 3.63) is 24.0 Å². The van der Waals surface area contributed by atoms with Crippen LogP contribution in [0.15, 0.2) is 23.2 Å². The first-order chi connectivity index (χ1) is 9.29. The van der Waals surface area contributed by atoms with E-state index in [0.29, 0.717) is 12.4 Å². The minimum atomic E-state index is -0.463. The fourth-order valence-electron chi connectivity index (χ4n) is 1.86. The molecule has 1 aliphatic rings. The van der Waals surface area contributed by atoms with Gasteiger partial charge in [0.05, 0.1) is 13.2 Å². The largest absolute Gasteiger partial charge is 0.490 e. The molecule has 1 aliphatic heterocycles. The van der Waals surface area contributed by atoms with Crippen molar-refractivity contribution in [2.75, 3.05) is 39.5 Å². The Balaban J connectivity index is 1.89. The average Bonchev–Trinajstić information content (AvgIpc) is 2.43. The van der Waals surface area contributed by atoms with Gasteiger partial charge in [-0.3, -0.25) is 4.90 Å². The molecule has 102 valence electrons. The molecule has 0 unspecified atom stereocenters. The molecule has 1 aromatic carbocycles. The molecule has 2 rings (SSSR count). The monoisotopic (exact) mass is 266 g/mol. The van der Waals surface area contributed by atoms with E-state index in [-0.39, 0.29) is 5.69 Å². The summed E-state index contributed by atoms with van der Waals surface area (Å²) >= 11 is 0. The van der Waals surface area contributed by atoms with E-state index in [2.05, 4.69) is 9.89 Å². The molecular weight excluding hydrogens is 251 g/mol. The van der Waals surface area contributed by atoms with Gasteiger partial charge in [0, 0.05) is 25.7 Å². The average molecular weight is 266 g/mol. The zero-order valence-corrected chi connectivity index (χ0v) is 10.5. The first kappa shape index (κ1) is 13.7. The summed E-state index contributed by atoms with van der Waals surface area (Å²) in [5.74, 6) is -0.0764. The molecule has 0 N–H and O–H groups in total. The number of rotatable bonds is 5. The van der Waals surface area contributed by atoms with E-state index in [1.54, 1.807) is 0 Å². The number of morpholine rings is 1. The number of hydrogen-bond donors (Lipinski definition) is 0. The normalized spacial score (nSPS) is 15.8. The lowest BCUT2D eigenvalue weighted by atomic mass is 10.3. The summed E-state index contributed by atoms with van der Waals surface area (Å²) in [7, 11) is 0. The van der Waals surface area contributed by atoms with E-state index in [1.807, 2.05) is 0 Å². The predicted octanol–water partition coefficient (Wildman–Crippen LogP) is 1.50. The molecule has 0 atom stereocenters. The van der Waals surface area contributed by atoms with Crippen molar-refractivity contribution in [3.63, 3.8) is 0 Å². The number of halogens is 1. The van der Waals surface area contributed by atoms with Crippen LogP contribution in [0.3, 0.4) is 0 Å². The lowest BCUT2D eigenvalue weighted by Gasteiger charge is -2.26. The van der Waals surface area contributed by atoms with Crippen molar-refractivity contribution in [3.8, 4) is 5.75 Å². The van der Waals surface area contributed by atoms with Gasteiger partial charge < -0.3 is 9.47 Å². The van der Waals surface area contributed by atoms with Crippen LogP contribution in [-0.4, -0.2) is 50.4 Å². The molecule has 1 fully saturated rings. The van der Waals surface area contributed by atoms with Crippen LogP contribution in [0.2, 0.25) is 0 Å². The molecule has 1 aromatic rings. The molecular formula is C13H15FN2O3. The molecule has 0 amide bonds. The van der Waals surface area contributed by atoms with Crippen LogP contribution < -0.4 is 4.74 Å². The van der Waals surface area contributed by atoms with Crippen LogP contribution in [0.25, 0.3) is 0 Å². The third-order valence-electron chi connectivity index (χ3n) is 2.86. The Hall–Kier alpha value is -1.75. The molecule has 0 saturated carbocycles. The van der Waals surface area contributed by atoms with Gasteiger partial charge in [-0.2, -0.15) is 4.99 Å². The maximum absolute atomic E-state index is 13.0. The number of aliphatic imine (C=N–C) groups is 1. The molecule has 0 radical (unpaired) electrons. The third-order valence-corrected chi connectivity index (χ3v) is 2.86. The number of nitrogens with zero attached hydrogens (tertiary/aromatic N) is 2. The second kappa shape index (κ2) is 6.99. The topological polar surface area (TPSA) is 51.1 Å². The number of hydrogen-bond acceptors (Lipinski definition) is 5. The highest BCUT2D eigenvalue weighted by atomic mass is 19.1. The first-order valence-electron chi connectivity index (χ1n) is 6.10. The van der Waals surface area contributed by atoms with E-state index in [1.165, 1.54) is 18.2 Å². The summed E-state index contributed by atoms with van der Waals surface area (Å²) in [6.45, 7) is 4.44. The minimum Gasteiger partial charge on any atom is -0.490 e. The maximum atomic E-state index is 13.0. The zero-order valence-electron chi connectivity index (χ0n) is 10.5. The van der Waals surface area contributed by atoms with Crippen molar-refractivity contribution in [2.24, 2.45) is 4.99 Å². The molecule has 0 aromatic heterocycles. The van der Waals surface area contributed by atoms with Gasteiger partial charge in [-0.1, -0.05) is 0 Å². The molecule has 19 heavy (non-hydrogen) atoms. The van der Waals surface area contributed by atoms with Crippen LogP contribution >= 0.6 is 0 Å². The smallest absolute Gasteiger partial charge is 0.240 e. The third kappa shape index (κ3) is 4.13. The van der Waals surface area contributed by atoms with Gasteiger partial charge in [-0.05, 0) is 12.1 Å². The highest BCUT2D eigenvalue weighted by molar-refractivity contribution is 5.57. The molecule has 1 heterocycles. The Morgan fingerprint density at radius 1 is 1.42 bits per heavy atom. The Morgan fingerprint density at radius 3 is 2.95 bits per heavy atom. The molecule has 1 saturated heterocycles. The summed E-state index contributed by atoms with van der Waals surface area (Å²) in [6, 6.07) is 3.88. The van der Waals surface area contributed by atoms with Gasteiger partial charge in [0.25, 0.3) is 0 Å². The van der Waals surface area contributed by atoms with Gasteiger partial charge in [-0.15, -0.1) is 0 Å². The maximum Gasteiger partial charge on any atom is 0.240 e. The van der Waals surface area contributed by atoms with Crippen molar-refractivity contribution in [1.82, 2.24) is 4.90 Å². The van der Waals surface area contributed by atoms with Crippen LogP contribution in [-0.2, 0) is 9.53 Å². The highest BCUT2D eigenvalue weighted by Crippen LogP contribution is 2.27. The van der Waals surface area contributed by atoms with Crippen LogP contribution in [0.1, 0.15) is 0 Å². The van der Waals surface area contributed by atoms with E-state index in [9.17, 15) is 9.18 Å². The fraction of sp³-hybridized carbons (Fsp3) is 0.462. The molecule has 0 spiro atoms. The predicted molar refractivity (Wildman–Crippen MR) is 66.9 cm³/mol. The van der Waals surface area contributed by atoms with Crippen molar-refractivity contribution in [1.29, 1.82) is 0 Å². The zero-order chi connectivity index (χ0) is 13.5. The van der Waals surface area contributed by atoms with Crippen molar-refractivity contribution in [2.45, 2.75) is 0 Å². The van der Waals surface area contributed by atoms with Gasteiger partial charge in [0.1, 0.15) is 23.9 Å². The quantitative estimate of drug-likeness (QED) is 0.598. The second-order valence-electron chi connectivity index (χ2n) is 4.12. The first-order valence-corrected chi connectivity index (χ1v) is 6.10. The minimum absolute atomic E-state index is 0.164. The van der Waals surface area contributed by atoms with Crippen LogP contribution in [0.4, 0.5) is 10.1 Å². The number of isocyanates is 1. The van der Waals surface area contributed by atoms with Crippen molar-refractivity contribution >= 4 is 11.8 Å². The Labute approximate surface area is 110 Å². The van der Waals surface area contributed by atoms with Crippen molar-refractivity contribution < 1.29 is 18.7 Å². The lowest BCUT2D eigenvalue weighted by Crippen LogP contribution is -2.38. The highest BCUT2D eigenvalue weighted by Gasteiger charge is 2.10. The van der Waals surface area contributed by atoms with Gasteiger partial charge >= 0.3 is 0 Å². The van der Waals surface area contributed by atoms with E-state index < -0.39 is 5.82 Å². The van der Waals surface area contributed by atoms with E-state index in [0.717, 1.165) is 38.9 Å². The number of benzene rings is 1. The number of ether oxygens (including phenoxy) is 2. The Morgan fingerprint density at radius 2 is 2.21 bits per heavy atom. The second-order valence-corrected chi connectivity index (χ2v) is 4.12.